The largest absolute Gasteiger partial charge is 0.489 e. The smallest absolute Gasteiger partial charge is 0.120 e. The molecule has 0 saturated heterocycles. The number of hydrogen-bond donors (Lipinski definition) is 1. The van der Waals surface area contributed by atoms with Gasteiger partial charge >= 0.3 is 0 Å². The SMILES string of the molecule is Cc1cc(OCc2ccccc2)cc(C)c1N. The average Bonchev–Trinajstić information content (AvgIpc) is 2.34. The molecule has 2 nitrogen and oxygen atoms in total. The highest BCUT2D eigenvalue weighted by atomic mass is 16.5. The molecule has 0 aliphatic rings. The van der Waals surface area contributed by atoms with Gasteiger partial charge in [-0.3, -0.25) is 0 Å². The van der Waals surface area contributed by atoms with Crippen molar-refractivity contribution in [2.24, 2.45) is 0 Å². The van der Waals surface area contributed by atoms with E-state index in [0.717, 1.165) is 22.6 Å². The third-order valence-corrected chi connectivity index (χ3v) is 2.82. The summed E-state index contributed by atoms with van der Waals surface area (Å²) in [5.41, 5.74) is 10.0. The average molecular weight is 227 g/mol. The summed E-state index contributed by atoms with van der Waals surface area (Å²) in [5, 5.41) is 0. The first kappa shape index (κ1) is 11.5. The van der Waals surface area contributed by atoms with Crippen molar-refractivity contribution in [3.63, 3.8) is 0 Å². The van der Waals surface area contributed by atoms with Gasteiger partial charge in [-0.2, -0.15) is 0 Å². The lowest BCUT2D eigenvalue weighted by Gasteiger charge is -2.10. The van der Waals surface area contributed by atoms with E-state index in [9.17, 15) is 0 Å². The summed E-state index contributed by atoms with van der Waals surface area (Å²) in [6.45, 7) is 4.58. The third kappa shape index (κ3) is 2.78. The molecule has 0 radical (unpaired) electrons. The quantitative estimate of drug-likeness (QED) is 0.815. The van der Waals surface area contributed by atoms with Crippen LogP contribution in [0.4, 0.5) is 5.69 Å². The van der Waals surface area contributed by atoms with Gasteiger partial charge < -0.3 is 10.5 Å². The Bertz CT molecular complexity index is 483. The van der Waals surface area contributed by atoms with Gasteiger partial charge in [0.15, 0.2) is 0 Å². The fourth-order valence-corrected chi connectivity index (χ4v) is 1.76. The molecule has 88 valence electrons. The molecule has 0 aliphatic heterocycles. The number of benzene rings is 2. The molecule has 0 atom stereocenters. The standard InChI is InChI=1S/C15H17NO/c1-11-8-14(9-12(2)15(11)16)17-10-13-6-4-3-5-7-13/h3-9H,10,16H2,1-2H3. The fraction of sp³-hybridized carbons (Fsp3) is 0.200. The lowest BCUT2D eigenvalue weighted by Crippen LogP contribution is -1.98. The lowest BCUT2D eigenvalue weighted by atomic mass is 10.1. The van der Waals surface area contributed by atoms with E-state index >= 15 is 0 Å². The van der Waals surface area contributed by atoms with Crippen LogP contribution in [-0.2, 0) is 6.61 Å². The summed E-state index contributed by atoms with van der Waals surface area (Å²) in [4.78, 5) is 0. The Kier molecular flexibility index (Phi) is 3.33. The molecule has 0 aliphatic carbocycles. The van der Waals surface area contributed by atoms with Crippen LogP contribution in [-0.4, -0.2) is 0 Å². The molecule has 0 aromatic heterocycles. The molecule has 2 aromatic rings. The van der Waals surface area contributed by atoms with Gasteiger partial charge in [-0.15, -0.1) is 0 Å². The highest BCUT2D eigenvalue weighted by molar-refractivity contribution is 5.56. The molecule has 0 fully saturated rings. The van der Waals surface area contributed by atoms with Crippen LogP contribution in [0.3, 0.4) is 0 Å². The molecule has 0 saturated carbocycles. The van der Waals surface area contributed by atoms with Gasteiger partial charge in [0.1, 0.15) is 12.4 Å². The minimum Gasteiger partial charge on any atom is -0.489 e. The molecular weight excluding hydrogens is 210 g/mol. The van der Waals surface area contributed by atoms with Crippen LogP contribution >= 0.6 is 0 Å². The minimum atomic E-state index is 0.587. The predicted molar refractivity (Wildman–Crippen MR) is 71.1 cm³/mol. The van der Waals surface area contributed by atoms with Gasteiger partial charge in [-0.25, -0.2) is 0 Å². The van der Waals surface area contributed by atoms with E-state index in [-0.39, 0.29) is 0 Å². The predicted octanol–water partition coefficient (Wildman–Crippen LogP) is 3.46. The zero-order chi connectivity index (χ0) is 12.3. The molecule has 0 heterocycles. The Balaban J connectivity index is 2.10. The third-order valence-electron chi connectivity index (χ3n) is 2.82. The van der Waals surface area contributed by atoms with E-state index in [1.165, 1.54) is 5.56 Å². The van der Waals surface area contributed by atoms with Crippen molar-refractivity contribution in [1.82, 2.24) is 0 Å². The van der Waals surface area contributed by atoms with Crippen LogP contribution in [0.2, 0.25) is 0 Å². The topological polar surface area (TPSA) is 35.2 Å². The Morgan fingerprint density at radius 3 is 2.18 bits per heavy atom. The molecule has 0 spiro atoms. The summed E-state index contributed by atoms with van der Waals surface area (Å²) >= 11 is 0. The van der Waals surface area contributed by atoms with Gasteiger partial charge in [0.2, 0.25) is 0 Å². The Morgan fingerprint density at radius 2 is 1.59 bits per heavy atom. The van der Waals surface area contributed by atoms with Crippen molar-refractivity contribution in [2.45, 2.75) is 20.5 Å². The van der Waals surface area contributed by atoms with Crippen LogP contribution < -0.4 is 10.5 Å². The van der Waals surface area contributed by atoms with Crippen molar-refractivity contribution in [1.29, 1.82) is 0 Å². The first-order valence-electron chi connectivity index (χ1n) is 5.70. The number of rotatable bonds is 3. The van der Waals surface area contributed by atoms with E-state index in [4.69, 9.17) is 10.5 Å². The second-order valence-electron chi connectivity index (χ2n) is 4.25. The maximum atomic E-state index is 5.90. The number of nitrogen functional groups attached to an aromatic ring is 1. The molecule has 17 heavy (non-hydrogen) atoms. The Hall–Kier alpha value is -1.96. The zero-order valence-electron chi connectivity index (χ0n) is 10.2. The highest BCUT2D eigenvalue weighted by Gasteiger charge is 2.02. The maximum Gasteiger partial charge on any atom is 0.120 e. The molecule has 2 aromatic carbocycles. The normalized spacial score (nSPS) is 10.2. The van der Waals surface area contributed by atoms with E-state index in [0.29, 0.717) is 6.61 Å². The van der Waals surface area contributed by atoms with Crippen LogP contribution in [0.25, 0.3) is 0 Å². The number of nitrogens with two attached hydrogens (primary N) is 1. The summed E-state index contributed by atoms with van der Waals surface area (Å²) in [6.07, 6.45) is 0. The summed E-state index contributed by atoms with van der Waals surface area (Å²) < 4.78 is 5.75. The minimum absolute atomic E-state index is 0.587. The molecule has 0 unspecified atom stereocenters. The molecule has 2 heteroatoms. The second-order valence-corrected chi connectivity index (χ2v) is 4.25. The highest BCUT2D eigenvalue weighted by Crippen LogP contribution is 2.24. The van der Waals surface area contributed by atoms with Crippen LogP contribution in [0.15, 0.2) is 42.5 Å². The lowest BCUT2D eigenvalue weighted by molar-refractivity contribution is 0.306. The van der Waals surface area contributed by atoms with Crippen molar-refractivity contribution < 1.29 is 4.74 Å². The van der Waals surface area contributed by atoms with E-state index in [2.05, 4.69) is 12.1 Å². The van der Waals surface area contributed by atoms with Crippen molar-refractivity contribution in [2.75, 3.05) is 5.73 Å². The monoisotopic (exact) mass is 227 g/mol. The van der Waals surface area contributed by atoms with Crippen molar-refractivity contribution in [3.8, 4) is 5.75 Å². The summed E-state index contributed by atoms with van der Waals surface area (Å²) in [7, 11) is 0. The molecule has 2 N–H and O–H groups in total. The van der Waals surface area contributed by atoms with Crippen LogP contribution in [0.5, 0.6) is 5.75 Å². The Labute approximate surface area is 102 Å². The fourth-order valence-electron chi connectivity index (χ4n) is 1.76. The van der Waals surface area contributed by atoms with Gasteiger partial charge in [-0.1, -0.05) is 30.3 Å². The van der Waals surface area contributed by atoms with E-state index in [1.807, 2.05) is 44.2 Å². The van der Waals surface area contributed by atoms with Gasteiger partial charge in [-0.05, 0) is 42.7 Å². The van der Waals surface area contributed by atoms with Crippen molar-refractivity contribution >= 4 is 5.69 Å². The maximum absolute atomic E-state index is 5.90. The first-order valence-corrected chi connectivity index (χ1v) is 5.70. The van der Waals surface area contributed by atoms with Crippen LogP contribution in [0.1, 0.15) is 16.7 Å². The number of hydrogen-bond acceptors (Lipinski definition) is 2. The second kappa shape index (κ2) is 4.91. The molecule has 0 bridgehead atoms. The number of ether oxygens (including phenoxy) is 1. The van der Waals surface area contributed by atoms with Gasteiger partial charge in [0.25, 0.3) is 0 Å². The molecule has 0 amide bonds. The number of aryl methyl sites for hydroxylation is 2. The molecular formula is C15H17NO. The van der Waals surface area contributed by atoms with E-state index < -0.39 is 0 Å². The van der Waals surface area contributed by atoms with Gasteiger partial charge in [0.05, 0.1) is 0 Å². The number of anilines is 1. The summed E-state index contributed by atoms with van der Waals surface area (Å²) in [5.74, 6) is 0.873. The Morgan fingerprint density at radius 1 is 1.00 bits per heavy atom. The van der Waals surface area contributed by atoms with Crippen LogP contribution in [0, 0.1) is 13.8 Å². The van der Waals surface area contributed by atoms with Crippen molar-refractivity contribution in [3.05, 3.63) is 59.2 Å². The molecule has 2 rings (SSSR count). The first-order chi connectivity index (χ1) is 8.16. The zero-order valence-corrected chi connectivity index (χ0v) is 10.2. The van der Waals surface area contributed by atoms with E-state index in [1.54, 1.807) is 0 Å². The van der Waals surface area contributed by atoms with Gasteiger partial charge in [0, 0.05) is 5.69 Å². The summed E-state index contributed by atoms with van der Waals surface area (Å²) in [6, 6.07) is 14.1.